The summed E-state index contributed by atoms with van der Waals surface area (Å²) in [4.78, 5) is 0. The fourth-order valence-electron chi connectivity index (χ4n) is 2.67. The van der Waals surface area contributed by atoms with Crippen molar-refractivity contribution in [1.29, 1.82) is 0 Å². The van der Waals surface area contributed by atoms with Crippen molar-refractivity contribution in [2.24, 2.45) is 5.73 Å². The number of fused-ring (bicyclic) bond motifs is 2. The van der Waals surface area contributed by atoms with Gasteiger partial charge in [-0.05, 0) is 47.2 Å². The lowest BCUT2D eigenvalue weighted by molar-refractivity contribution is 1.01. The SMILES string of the molecule is NCCC=C1c2ccccc2Cc2ccccc21. The van der Waals surface area contributed by atoms with Crippen molar-refractivity contribution in [3.63, 3.8) is 0 Å². The molecule has 0 atom stereocenters. The first-order valence-corrected chi connectivity index (χ1v) is 6.47. The van der Waals surface area contributed by atoms with Crippen molar-refractivity contribution in [1.82, 2.24) is 0 Å². The second-order valence-corrected chi connectivity index (χ2v) is 4.69. The van der Waals surface area contributed by atoms with Gasteiger partial charge in [0, 0.05) is 0 Å². The molecule has 90 valence electrons. The van der Waals surface area contributed by atoms with E-state index in [1.165, 1.54) is 27.8 Å². The Labute approximate surface area is 108 Å². The Hall–Kier alpha value is -1.86. The first kappa shape index (κ1) is 11.2. The topological polar surface area (TPSA) is 26.0 Å². The first-order valence-electron chi connectivity index (χ1n) is 6.47. The van der Waals surface area contributed by atoms with Crippen LogP contribution in [0.2, 0.25) is 0 Å². The Morgan fingerprint density at radius 2 is 1.44 bits per heavy atom. The molecule has 0 bridgehead atoms. The summed E-state index contributed by atoms with van der Waals surface area (Å²) >= 11 is 0. The monoisotopic (exact) mass is 235 g/mol. The zero-order valence-electron chi connectivity index (χ0n) is 10.4. The van der Waals surface area contributed by atoms with Crippen molar-refractivity contribution in [3.05, 3.63) is 76.9 Å². The minimum Gasteiger partial charge on any atom is -0.330 e. The Kier molecular flexibility index (Phi) is 2.99. The number of nitrogens with two attached hydrogens (primary N) is 1. The zero-order chi connectivity index (χ0) is 12.4. The van der Waals surface area contributed by atoms with Crippen LogP contribution in [0.25, 0.3) is 5.57 Å². The molecule has 0 aliphatic heterocycles. The van der Waals surface area contributed by atoms with Gasteiger partial charge in [0.25, 0.3) is 0 Å². The van der Waals surface area contributed by atoms with Crippen LogP contribution in [0.5, 0.6) is 0 Å². The molecule has 0 saturated heterocycles. The molecular weight excluding hydrogens is 218 g/mol. The molecule has 0 radical (unpaired) electrons. The maximum atomic E-state index is 5.64. The maximum absolute atomic E-state index is 5.64. The van der Waals surface area contributed by atoms with E-state index < -0.39 is 0 Å². The fourth-order valence-corrected chi connectivity index (χ4v) is 2.67. The van der Waals surface area contributed by atoms with E-state index in [0.29, 0.717) is 6.54 Å². The molecule has 0 heterocycles. The Bertz CT molecular complexity index is 549. The van der Waals surface area contributed by atoms with Crippen LogP contribution >= 0.6 is 0 Å². The van der Waals surface area contributed by atoms with Gasteiger partial charge in [-0.15, -0.1) is 0 Å². The first-order chi connectivity index (χ1) is 8.90. The highest BCUT2D eigenvalue weighted by molar-refractivity contribution is 5.85. The van der Waals surface area contributed by atoms with Crippen LogP contribution in [0.1, 0.15) is 28.7 Å². The summed E-state index contributed by atoms with van der Waals surface area (Å²) in [5, 5.41) is 0. The molecule has 0 saturated carbocycles. The maximum Gasteiger partial charge on any atom is -0.00135 e. The predicted molar refractivity (Wildman–Crippen MR) is 76.4 cm³/mol. The van der Waals surface area contributed by atoms with E-state index in [1.807, 2.05) is 0 Å². The third kappa shape index (κ3) is 1.87. The van der Waals surface area contributed by atoms with Gasteiger partial charge in [0.05, 0.1) is 0 Å². The highest BCUT2D eigenvalue weighted by Gasteiger charge is 2.18. The van der Waals surface area contributed by atoms with Crippen molar-refractivity contribution in [2.75, 3.05) is 6.54 Å². The molecule has 0 spiro atoms. The van der Waals surface area contributed by atoms with Crippen molar-refractivity contribution in [3.8, 4) is 0 Å². The van der Waals surface area contributed by atoms with Crippen LogP contribution in [-0.2, 0) is 6.42 Å². The van der Waals surface area contributed by atoms with Gasteiger partial charge in [-0.1, -0.05) is 54.6 Å². The van der Waals surface area contributed by atoms with Gasteiger partial charge in [0.2, 0.25) is 0 Å². The van der Waals surface area contributed by atoms with Crippen LogP contribution in [-0.4, -0.2) is 6.54 Å². The Balaban J connectivity index is 2.18. The summed E-state index contributed by atoms with van der Waals surface area (Å²) in [6.45, 7) is 0.702. The van der Waals surface area contributed by atoms with Crippen LogP contribution in [0.15, 0.2) is 54.6 Å². The lowest BCUT2D eigenvalue weighted by Crippen LogP contribution is -2.07. The predicted octanol–water partition coefficient (Wildman–Crippen LogP) is 3.37. The van der Waals surface area contributed by atoms with Gasteiger partial charge in [-0.2, -0.15) is 0 Å². The Morgan fingerprint density at radius 1 is 0.889 bits per heavy atom. The number of hydrogen-bond acceptors (Lipinski definition) is 1. The minimum absolute atomic E-state index is 0.702. The molecular formula is C17H17N. The van der Waals surface area contributed by atoms with Crippen molar-refractivity contribution in [2.45, 2.75) is 12.8 Å². The summed E-state index contributed by atoms with van der Waals surface area (Å²) in [7, 11) is 0. The molecule has 1 aliphatic carbocycles. The number of benzene rings is 2. The molecule has 1 heteroatoms. The molecule has 1 aliphatic rings. The summed E-state index contributed by atoms with van der Waals surface area (Å²) in [6, 6.07) is 17.3. The van der Waals surface area contributed by atoms with E-state index in [-0.39, 0.29) is 0 Å². The molecule has 3 rings (SSSR count). The third-order valence-electron chi connectivity index (χ3n) is 3.51. The van der Waals surface area contributed by atoms with E-state index >= 15 is 0 Å². The van der Waals surface area contributed by atoms with E-state index in [9.17, 15) is 0 Å². The van der Waals surface area contributed by atoms with Crippen LogP contribution < -0.4 is 5.73 Å². The van der Waals surface area contributed by atoms with E-state index in [4.69, 9.17) is 5.73 Å². The lowest BCUT2D eigenvalue weighted by atomic mass is 9.82. The van der Waals surface area contributed by atoms with Gasteiger partial charge in [-0.25, -0.2) is 0 Å². The average molecular weight is 235 g/mol. The highest BCUT2D eigenvalue weighted by Crippen LogP contribution is 2.35. The smallest absolute Gasteiger partial charge is 0.00135 e. The number of rotatable bonds is 2. The lowest BCUT2D eigenvalue weighted by Gasteiger charge is -2.22. The fraction of sp³-hybridized carbons (Fsp3) is 0.176. The van der Waals surface area contributed by atoms with Crippen LogP contribution in [0, 0.1) is 0 Å². The quantitative estimate of drug-likeness (QED) is 0.724. The van der Waals surface area contributed by atoms with E-state index in [2.05, 4.69) is 54.6 Å². The molecule has 1 nitrogen and oxygen atoms in total. The second-order valence-electron chi connectivity index (χ2n) is 4.69. The van der Waals surface area contributed by atoms with Crippen LogP contribution in [0.4, 0.5) is 0 Å². The van der Waals surface area contributed by atoms with Gasteiger partial charge >= 0.3 is 0 Å². The standard InChI is InChI=1S/C17H17N/c18-11-5-10-17-15-8-3-1-6-13(15)12-14-7-2-4-9-16(14)17/h1-4,6-10H,5,11-12,18H2. The Morgan fingerprint density at radius 3 is 2.00 bits per heavy atom. The average Bonchev–Trinajstić information content (AvgIpc) is 2.43. The van der Waals surface area contributed by atoms with Crippen molar-refractivity contribution >= 4 is 5.57 Å². The molecule has 0 fully saturated rings. The molecule has 2 aromatic rings. The van der Waals surface area contributed by atoms with E-state index in [1.54, 1.807) is 0 Å². The zero-order valence-corrected chi connectivity index (χ0v) is 10.4. The molecule has 18 heavy (non-hydrogen) atoms. The van der Waals surface area contributed by atoms with Gasteiger partial charge in [0.15, 0.2) is 0 Å². The summed E-state index contributed by atoms with van der Waals surface area (Å²) in [5.41, 5.74) is 12.5. The highest BCUT2D eigenvalue weighted by atomic mass is 14.5. The summed E-state index contributed by atoms with van der Waals surface area (Å²) < 4.78 is 0. The van der Waals surface area contributed by atoms with Crippen molar-refractivity contribution < 1.29 is 0 Å². The van der Waals surface area contributed by atoms with Crippen LogP contribution in [0.3, 0.4) is 0 Å². The van der Waals surface area contributed by atoms with Gasteiger partial charge in [-0.3, -0.25) is 0 Å². The second kappa shape index (κ2) is 4.79. The number of hydrogen-bond donors (Lipinski definition) is 1. The summed E-state index contributed by atoms with van der Waals surface area (Å²) in [5.74, 6) is 0. The molecule has 2 N–H and O–H groups in total. The molecule has 2 aromatic carbocycles. The normalized spacial score (nSPS) is 12.8. The third-order valence-corrected chi connectivity index (χ3v) is 3.51. The molecule has 0 amide bonds. The molecule has 0 unspecified atom stereocenters. The van der Waals surface area contributed by atoms with E-state index in [0.717, 1.165) is 12.8 Å². The van der Waals surface area contributed by atoms with Gasteiger partial charge < -0.3 is 5.73 Å². The van der Waals surface area contributed by atoms with Gasteiger partial charge in [0.1, 0.15) is 0 Å². The molecule has 0 aromatic heterocycles. The minimum atomic E-state index is 0.702. The summed E-state index contributed by atoms with van der Waals surface area (Å²) in [6.07, 6.45) is 4.24. The largest absolute Gasteiger partial charge is 0.330 e.